The van der Waals surface area contributed by atoms with Crippen molar-refractivity contribution >= 4 is 0 Å². The van der Waals surface area contributed by atoms with Gasteiger partial charge in [0.1, 0.15) is 5.82 Å². The second kappa shape index (κ2) is 7.03. The van der Waals surface area contributed by atoms with Gasteiger partial charge in [-0.05, 0) is 68.0 Å². The minimum atomic E-state index is -0.205. The van der Waals surface area contributed by atoms with E-state index in [2.05, 4.69) is 10.00 Å². The SMILES string of the molecule is Fc1ccc(-n2ncc3c2CCC[C@@H]3CCN2CCOCC2)cc1. The summed E-state index contributed by atoms with van der Waals surface area (Å²) in [5, 5.41) is 4.60. The summed E-state index contributed by atoms with van der Waals surface area (Å²) >= 11 is 0. The Morgan fingerprint density at radius 3 is 2.75 bits per heavy atom. The highest BCUT2D eigenvalue weighted by atomic mass is 19.1. The lowest BCUT2D eigenvalue weighted by Crippen LogP contribution is -2.37. The molecule has 0 saturated carbocycles. The van der Waals surface area contributed by atoms with Gasteiger partial charge in [0.25, 0.3) is 0 Å². The Kier molecular flexibility index (Phi) is 4.63. The van der Waals surface area contributed by atoms with Crippen molar-refractivity contribution in [3.63, 3.8) is 0 Å². The molecule has 2 aromatic rings. The topological polar surface area (TPSA) is 30.3 Å². The third-order valence-electron chi connectivity index (χ3n) is 5.28. The van der Waals surface area contributed by atoms with E-state index < -0.39 is 0 Å². The molecule has 0 radical (unpaired) electrons. The summed E-state index contributed by atoms with van der Waals surface area (Å²) in [5.41, 5.74) is 3.64. The van der Waals surface area contributed by atoms with Crippen LogP contribution in [0.1, 0.15) is 36.4 Å². The maximum absolute atomic E-state index is 13.2. The smallest absolute Gasteiger partial charge is 0.123 e. The highest BCUT2D eigenvalue weighted by molar-refractivity contribution is 5.37. The van der Waals surface area contributed by atoms with Crippen molar-refractivity contribution < 1.29 is 9.13 Å². The molecule has 0 amide bonds. The Morgan fingerprint density at radius 2 is 1.96 bits per heavy atom. The maximum atomic E-state index is 13.2. The van der Waals surface area contributed by atoms with Crippen molar-refractivity contribution in [2.75, 3.05) is 32.8 Å². The molecule has 0 bridgehead atoms. The zero-order valence-electron chi connectivity index (χ0n) is 14.0. The highest BCUT2D eigenvalue weighted by Crippen LogP contribution is 2.35. The summed E-state index contributed by atoms with van der Waals surface area (Å²) in [4.78, 5) is 2.50. The van der Waals surface area contributed by atoms with Crippen LogP contribution in [0, 0.1) is 5.82 Å². The molecule has 128 valence electrons. The van der Waals surface area contributed by atoms with Gasteiger partial charge in [-0.3, -0.25) is 4.90 Å². The number of hydrogen-bond donors (Lipinski definition) is 0. The number of aromatic nitrogens is 2. The minimum absolute atomic E-state index is 0.205. The van der Waals surface area contributed by atoms with E-state index in [1.807, 2.05) is 10.9 Å². The maximum Gasteiger partial charge on any atom is 0.123 e. The van der Waals surface area contributed by atoms with Gasteiger partial charge in [-0.15, -0.1) is 0 Å². The number of fused-ring (bicyclic) bond motifs is 1. The van der Waals surface area contributed by atoms with Crippen LogP contribution in [0.4, 0.5) is 4.39 Å². The predicted molar refractivity (Wildman–Crippen MR) is 91.1 cm³/mol. The average molecular weight is 329 g/mol. The Labute approximate surface area is 142 Å². The Morgan fingerprint density at radius 1 is 1.17 bits per heavy atom. The van der Waals surface area contributed by atoms with Gasteiger partial charge in [-0.2, -0.15) is 5.10 Å². The third-order valence-corrected chi connectivity index (χ3v) is 5.28. The number of nitrogens with zero attached hydrogens (tertiary/aromatic N) is 3. The number of morpholine rings is 1. The van der Waals surface area contributed by atoms with Crippen molar-refractivity contribution in [2.24, 2.45) is 0 Å². The van der Waals surface area contributed by atoms with Crippen LogP contribution in [-0.2, 0) is 11.2 Å². The third kappa shape index (κ3) is 3.23. The summed E-state index contributed by atoms with van der Waals surface area (Å²) in [7, 11) is 0. The van der Waals surface area contributed by atoms with Gasteiger partial charge in [-0.25, -0.2) is 9.07 Å². The van der Waals surface area contributed by atoms with Gasteiger partial charge in [0.05, 0.1) is 25.1 Å². The number of halogens is 1. The molecule has 1 atom stereocenters. The largest absolute Gasteiger partial charge is 0.379 e. The first-order valence-electron chi connectivity index (χ1n) is 8.94. The summed E-state index contributed by atoms with van der Waals surface area (Å²) < 4.78 is 20.6. The van der Waals surface area contributed by atoms with E-state index in [-0.39, 0.29) is 5.82 Å². The van der Waals surface area contributed by atoms with E-state index in [4.69, 9.17) is 4.74 Å². The van der Waals surface area contributed by atoms with E-state index in [1.165, 1.54) is 42.7 Å². The average Bonchev–Trinajstić information content (AvgIpc) is 3.06. The minimum Gasteiger partial charge on any atom is -0.379 e. The molecule has 1 aromatic heterocycles. The van der Waals surface area contributed by atoms with Gasteiger partial charge < -0.3 is 4.74 Å². The van der Waals surface area contributed by atoms with E-state index in [9.17, 15) is 4.39 Å². The standard InChI is InChI=1S/C19H24FN3O/c20-16-4-6-17(7-5-16)23-19-3-1-2-15(18(19)14-21-23)8-9-22-10-12-24-13-11-22/h4-7,14-15H,1-3,8-13H2/t15-/m1/s1. The Bertz CT molecular complexity index is 676. The molecular weight excluding hydrogens is 305 g/mol. The van der Waals surface area contributed by atoms with E-state index in [0.29, 0.717) is 5.92 Å². The van der Waals surface area contributed by atoms with Crippen LogP contribution in [0.25, 0.3) is 5.69 Å². The first kappa shape index (κ1) is 15.8. The molecular formula is C19H24FN3O. The quantitative estimate of drug-likeness (QED) is 0.863. The summed E-state index contributed by atoms with van der Waals surface area (Å²) in [6.45, 7) is 4.95. The lowest BCUT2D eigenvalue weighted by molar-refractivity contribution is 0.0363. The van der Waals surface area contributed by atoms with Crippen LogP contribution in [0.2, 0.25) is 0 Å². The Hall–Kier alpha value is -1.72. The lowest BCUT2D eigenvalue weighted by atomic mass is 9.84. The molecule has 5 heteroatoms. The number of hydrogen-bond acceptors (Lipinski definition) is 3. The molecule has 1 fully saturated rings. The molecule has 1 aliphatic carbocycles. The zero-order valence-corrected chi connectivity index (χ0v) is 14.0. The normalized spacial score (nSPS) is 21.6. The lowest BCUT2D eigenvalue weighted by Gasteiger charge is -2.29. The Balaban J connectivity index is 1.50. The first-order chi connectivity index (χ1) is 11.8. The van der Waals surface area contributed by atoms with E-state index in [0.717, 1.165) is 45.0 Å². The number of rotatable bonds is 4. The van der Waals surface area contributed by atoms with Gasteiger partial charge in [0.15, 0.2) is 0 Å². The molecule has 24 heavy (non-hydrogen) atoms. The molecule has 4 rings (SSSR count). The highest BCUT2D eigenvalue weighted by Gasteiger charge is 2.25. The first-order valence-corrected chi connectivity index (χ1v) is 8.94. The molecule has 0 unspecified atom stereocenters. The van der Waals surface area contributed by atoms with Crippen LogP contribution in [0.3, 0.4) is 0 Å². The monoisotopic (exact) mass is 329 g/mol. The summed E-state index contributed by atoms with van der Waals surface area (Å²) in [5.74, 6) is 0.383. The van der Waals surface area contributed by atoms with Crippen LogP contribution in [-0.4, -0.2) is 47.5 Å². The van der Waals surface area contributed by atoms with Crippen LogP contribution < -0.4 is 0 Å². The van der Waals surface area contributed by atoms with Crippen molar-refractivity contribution in [3.05, 3.63) is 47.5 Å². The van der Waals surface area contributed by atoms with Crippen LogP contribution in [0.5, 0.6) is 0 Å². The van der Waals surface area contributed by atoms with Crippen molar-refractivity contribution in [1.29, 1.82) is 0 Å². The van der Waals surface area contributed by atoms with Crippen LogP contribution >= 0.6 is 0 Å². The molecule has 1 aromatic carbocycles. The summed E-state index contributed by atoms with van der Waals surface area (Å²) in [6, 6.07) is 6.62. The molecule has 2 aliphatic rings. The molecule has 1 aliphatic heterocycles. The van der Waals surface area contributed by atoms with Crippen molar-refractivity contribution in [3.8, 4) is 5.69 Å². The van der Waals surface area contributed by atoms with Gasteiger partial charge in [0.2, 0.25) is 0 Å². The second-order valence-corrected chi connectivity index (χ2v) is 6.77. The fraction of sp³-hybridized carbons (Fsp3) is 0.526. The van der Waals surface area contributed by atoms with Gasteiger partial charge in [0, 0.05) is 18.8 Å². The number of ether oxygens (including phenoxy) is 1. The molecule has 1 saturated heterocycles. The predicted octanol–water partition coefficient (Wildman–Crippen LogP) is 3.15. The fourth-order valence-electron chi connectivity index (χ4n) is 3.92. The van der Waals surface area contributed by atoms with Gasteiger partial charge in [-0.1, -0.05) is 0 Å². The molecule has 0 spiro atoms. The van der Waals surface area contributed by atoms with Gasteiger partial charge >= 0.3 is 0 Å². The fourth-order valence-corrected chi connectivity index (χ4v) is 3.92. The van der Waals surface area contributed by atoms with Crippen LogP contribution in [0.15, 0.2) is 30.5 Å². The van der Waals surface area contributed by atoms with E-state index >= 15 is 0 Å². The number of benzene rings is 1. The van der Waals surface area contributed by atoms with Crippen molar-refractivity contribution in [2.45, 2.75) is 31.6 Å². The molecule has 2 heterocycles. The molecule has 4 nitrogen and oxygen atoms in total. The second-order valence-electron chi connectivity index (χ2n) is 6.77. The summed E-state index contributed by atoms with van der Waals surface area (Å²) in [6.07, 6.45) is 6.71. The van der Waals surface area contributed by atoms with E-state index in [1.54, 1.807) is 12.1 Å². The zero-order chi connectivity index (χ0) is 16.4. The molecule has 0 N–H and O–H groups in total. The van der Waals surface area contributed by atoms with Crippen molar-refractivity contribution in [1.82, 2.24) is 14.7 Å².